The molecule has 4 rings (SSSR count). The molecule has 3 atom stereocenters. The zero-order valence-corrected chi connectivity index (χ0v) is 16.2. The maximum atomic E-state index is 6.21. The summed E-state index contributed by atoms with van der Waals surface area (Å²) in [6, 6.07) is 7.60. The SMILES string of the molecule is CCCCCc1ccc2c(c1)[C@H]1OCC[C@H]1[C@@H](C1CCOCC1)N2.Cl. The molecule has 0 amide bonds. The molecule has 1 aromatic rings. The number of rotatable bonds is 5. The van der Waals surface area contributed by atoms with Crippen LogP contribution in [0.3, 0.4) is 0 Å². The molecule has 2 fully saturated rings. The monoisotopic (exact) mass is 365 g/mol. The van der Waals surface area contributed by atoms with Gasteiger partial charge in [0.2, 0.25) is 0 Å². The van der Waals surface area contributed by atoms with Gasteiger partial charge < -0.3 is 14.8 Å². The summed E-state index contributed by atoms with van der Waals surface area (Å²) < 4.78 is 11.8. The number of hydrogen-bond acceptors (Lipinski definition) is 3. The van der Waals surface area contributed by atoms with Gasteiger partial charge in [-0.2, -0.15) is 0 Å². The van der Waals surface area contributed by atoms with Crippen molar-refractivity contribution in [3.05, 3.63) is 29.3 Å². The average molecular weight is 366 g/mol. The molecule has 1 aromatic carbocycles. The number of unbranched alkanes of at least 4 members (excludes halogenated alkanes) is 2. The first-order valence-corrected chi connectivity index (χ1v) is 9.95. The van der Waals surface area contributed by atoms with E-state index in [-0.39, 0.29) is 12.4 Å². The first kappa shape index (κ1) is 19.0. The van der Waals surface area contributed by atoms with Gasteiger partial charge in [-0.1, -0.05) is 31.9 Å². The van der Waals surface area contributed by atoms with Crippen molar-refractivity contribution in [3.63, 3.8) is 0 Å². The molecule has 0 radical (unpaired) electrons. The molecule has 3 aliphatic heterocycles. The van der Waals surface area contributed by atoms with Crippen molar-refractivity contribution in [2.75, 3.05) is 25.1 Å². The number of fused-ring (bicyclic) bond motifs is 3. The van der Waals surface area contributed by atoms with E-state index in [9.17, 15) is 0 Å². The highest BCUT2D eigenvalue weighted by molar-refractivity contribution is 5.85. The minimum atomic E-state index is 0. The minimum absolute atomic E-state index is 0. The van der Waals surface area contributed by atoms with Crippen molar-refractivity contribution in [1.82, 2.24) is 0 Å². The predicted molar refractivity (Wildman–Crippen MR) is 105 cm³/mol. The molecule has 140 valence electrons. The summed E-state index contributed by atoms with van der Waals surface area (Å²) >= 11 is 0. The molecular formula is C21H32ClNO2. The third kappa shape index (κ3) is 3.99. The smallest absolute Gasteiger partial charge is 0.0893 e. The molecule has 0 saturated carbocycles. The van der Waals surface area contributed by atoms with Crippen LogP contribution in [-0.4, -0.2) is 25.9 Å². The Morgan fingerprint density at radius 3 is 2.72 bits per heavy atom. The van der Waals surface area contributed by atoms with Crippen LogP contribution in [0.2, 0.25) is 0 Å². The lowest BCUT2D eigenvalue weighted by Crippen LogP contribution is -2.43. The second kappa shape index (κ2) is 8.75. The van der Waals surface area contributed by atoms with Crippen LogP contribution in [0, 0.1) is 11.8 Å². The van der Waals surface area contributed by atoms with Crippen molar-refractivity contribution in [2.24, 2.45) is 11.8 Å². The number of anilines is 1. The lowest BCUT2D eigenvalue weighted by atomic mass is 9.75. The quantitative estimate of drug-likeness (QED) is 0.733. The summed E-state index contributed by atoms with van der Waals surface area (Å²) in [5.74, 6) is 1.36. The van der Waals surface area contributed by atoms with E-state index in [0.29, 0.717) is 18.1 Å². The molecule has 3 heterocycles. The molecule has 0 spiro atoms. The van der Waals surface area contributed by atoms with Crippen LogP contribution in [-0.2, 0) is 15.9 Å². The topological polar surface area (TPSA) is 30.5 Å². The summed E-state index contributed by atoms with van der Waals surface area (Å²) in [7, 11) is 0. The summed E-state index contributed by atoms with van der Waals surface area (Å²) in [5, 5.41) is 3.90. The normalized spacial score (nSPS) is 28.6. The summed E-state index contributed by atoms with van der Waals surface area (Å²) in [4.78, 5) is 0. The van der Waals surface area contributed by atoms with Crippen LogP contribution in [0.25, 0.3) is 0 Å². The molecule has 0 aliphatic carbocycles. The van der Waals surface area contributed by atoms with Crippen molar-refractivity contribution in [2.45, 2.75) is 64.0 Å². The van der Waals surface area contributed by atoms with Gasteiger partial charge in [-0.3, -0.25) is 0 Å². The number of aryl methyl sites for hydroxylation is 1. The van der Waals surface area contributed by atoms with Crippen LogP contribution >= 0.6 is 12.4 Å². The Morgan fingerprint density at radius 2 is 1.92 bits per heavy atom. The van der Waals surface area contributed by atoms with Gasteiger partial charge in [0.25, 0.3) is 0 Å². The Morgan fingerprint density at radius 1 is 1.08 bits per heavy atom. The average Bonchev–Trinajstić information content (AvgIpc) is 3.12. The molecule has 0 unspecified atom stereocenters. The molecule has 25 heavy (non-hydrogen) atoms. The number of hydrogen-bond donors (Lipinski definition) is 1. The zero-order chi connectivity index (χ0) is 16.4. The highest BCUT2D eigenvalue weighted by Gasteiger charge is 2.43. The third-order valence-corrected chi connectivity index (χ3v) is 6.19. The Kier molecular flexibility index (Phi) is 6.65. The molecular weight excluding hydrogens is 334 g/mol. The van der Waals surface area contributed by atoms with E-state index >= 15 is 0 Å². The molecule has 3 aliphatic rings. The Labute approximate surface area is 158 Å². The van der Waals surface area contributed by atoms with Gasteiger partial charge in [-0.15, -0.1) is 12.4 Å². The fourth-order valence-electron chi connectivity index (χ4n) is 4.84. The number of benzene rings is 1. The molecule has 3 nitrogen and oxygen atoms in total. The maximum Gasteiger partial charge on any atom is 0.0893 e. The number of nitrogens with one attached hydrogen (secondary N) is 1. The van der Waals surface area contributed by atoms with Gasteiger partial charge in [-0.05, 0) is 49.7 Å². The minimum Gasteiger partial charge on any atom is -0.381 e. The number of halogens is 1. The first-order valence-electron chi connectivity index (χ1n) is 9.95. The Bertz CT molecular complexity index is 559. The van der Waals surface area contributed by atoms with Crippen LogP contribution in [0.1, 0.15) is 62.7 Å². The molecule has 0 aromatic heterocycles. The second-order valence-electron chi connectivity index (χ2n) is 7.74. The van der Waals surface area contributed by atoms with Crippen molar-refractivity contribution in [1.29, 1.82) is 0 Å². The van der Waals surface area contributed by atoms with E-state index in [4.69, 9.17) is 9.47 Å². The lowest BCUT2D eigenvalue weighted by Gasteiger charge is -2.41. The maximum absolute atomic E-state index is 6.21. The fraction of sp³-hybridized carbons (Fsp3) is 0.714. The molecule has 1 N–H and O–H groups in total. The highest BCUT2D eigenvalue weighted by atomic mass is 35.5. The predicted octanol–water partition coefficient (Wildman–Crippen LogP) is 5.14. The zero-order valence-electron chi connectivity index (χ0n) is 15.3. The Hall–Kier alpha value is -0.770. The largest absolute Gasteiger partial charge is 0.381 e. The van der Waals surface area contributed by atoms with E-state index in [2.05, 4.69) is 30.4 Å². The second-order valence-corrected chi connectivity index (χ2v) is 7.74. The summed E-state index contributed by atoms with van der Waals surface area (Å²) in [6.07, 6.45) is 8.97. The molecule has 0 bridgehead atoms. The van der Waals surface area contributed by atoms with Gasteiger partial charge in [0.05, 0.1) is 6.10 Å². The van der Waals surface area contributed by atoms with Gasteiger partial charge in [-0.25, -0.2) is 0 Å². The third-order valence-electron chi connectivity index (χ3n) is 6.19. The van der Waals surface area contributed by atoms with Crippen LogP contribution < -0.4 is 5.32 Å². The van der Waals surface area contributed by atoms with E-state index in [0.717, 1.165) is 25.7 Å². The van der Waals surface area contributed by atoms with E-state index in [1.54, 1.807) is 0 Å². The first-order chi connectivity index (χ1) is 11.9. The van der Waals surface area contributed by atoms with E-state index < -0.39 is 0 Å². The van der Waals surface area contributed by atoms with E-state index in [1.165, 1.54) is 61.8 Å². The van der Waals surface area contributed by atoms with Gasteiger partial charge in [0.1, 0.15) is 0 Å². The van der Waals surface area contributed by atoms with Gasteiger partial charge in [0.15, 0.2) is 0 Å². The van der Waals surface area contributed by atoms with Crippen molar-refractivity contribution < 1.29 is 9.47 Å². The highest BCUT2D eigenvalue weighted by Crippen LogP contribution is 2.47. The fourth-order valence-corrected chi connectivity index (χ4v) is 4.84. The van der Waals surface area contributed by atoms with Crippen molar-refractivity contribution in [3.8, 4) is 0 Å². The van der Waals surface area contributed by atoms with Crippen molar-refractivity contribution >= 4 is 18.1 Å². The summed E-state index contributed by atoms with van der Waals surface area (Å²) in [5.41, 5.74) is 4.20. The van der Waals surface area contributed by atoms with Gasteiger partial charge in [0, 0.05) is 43.0 Å². The van der Waals surface area contributed by atoms with Crippen LogP contribution in [0.4, 0.5) is 5.69 Å². The van der Waals surface area contributed by atoms with E-state index in [1.807, 2.05) is 0 Å². The molecule has 2 saturated heterocycles. The van der Waals surface area contributed by atoms with Crippen LogP contribution in [0.15, 0.2) is 18.2 Å². The van der Waals surface area contributed by atoms with Gasteiger partial charge >= 0.3 is 0 Å². The number of ether oxygens (including phenoxy) is 2. The Balaban J connectivity index is 0.00000182. The summed E-state index contributed by atoms with van der Waals surface area (Å²) in [6.45, 7) is 5.02. The lowest BCUT2D eigenvalue weighted by molar-refractivity contribution is 0.0361. The molecule has 4 heteroatoms. The van der Waals surface area contributed by atoms with Crippen LogP contribution in [0.5, 0.6) is 0 Å². The standard InChI is InChI=1S/C21H31NO2.ClH/c1-2-3-4-5-15-6-7-19-18(14-15)21-17(10-13-24-21)20(22-19)16-8-11-23-12-9-16;/h6-7,14,16-17,20-22H,2-5,8-13H2,1H3;1H/t17-,20+,21-;/m0./s1.